The topological polar surface area (TPSA) is 47.0 Å². The molecule has 1 N–H and O–H groups in total. The fourth-order valence-electron chi connectivity index (χ4n) is 3.03. The summed E-state index contributed by atoms with van der Waals surface area (Å²) in [7, 11) is 0. The van der Waals surface area contributed by atoms with E-state index >= 15 is 0 Å². The van der Waals surface area contributed by atoms with Crippen molar-refractivity contribution in [3.8, 4) is 0 Å². The van der Waals surface area contributed by atoms with Crippen molar-refractivity contribution in [1.82, 2.24) is 9.97 Å². The summed E-state index contributed by atoms with van der Waals surface area (Å²) in [5.74, 6) is 2.26. The Kier molecular flexibility index (Phi) is 6.42. The number of rotatable bonds is 6. The van der Waals surface area contributed by atoms with E-state index in [0.29, 0.717) is 12.5 Å². The van der Waals surface area contributed by atoms with Gasteiger partial charge >= 0.3 is 0 Å². The highest BCUT2D eigenvalue weighted by molar-refractivity contribution is 9.10. The molecule has 1 heterocycles. The highest BCUT2D eigenvalue weighted by Crippen LogP contribution is 2.37. The van der Waals surface area contributed by atoms with Crippen LogP contribution >= 0.6 is 15.9 Å². The minimum Gasteiger partial charge on any atom is -0.370 e. The number of aryl methyl sites for hydroxylation is 1. The van der Waals surface area contributed by atoms with Crippen molar-refractivity contribution in [1.29, 1.82) is 0 Å². The van der Waals surface area contributed by atoms with Gasteiger partial charge in [0.1, 0.15) is 11.9 Å². The van der Waals surface area contributed by atoms with Gasteiger partial charge in [-0.25, -0.2) is 9.97 Å². The molecule has 0 saturated heterocycles. The molecule has 1 saturated carbocycles. The number of halogens is 1. The number of aromatic nitrogens is 2. The predicted molar refractivity (Wildman–Crippen MR) is 89.6 cm³/mol. The smallest absolute Gasteiger partial charge is 0.160 e. The summed E-state index contributed by atoms with van der Waals surface area (Å²) in [6.07, 6.45) is 6.41. The highest BCUT2D eigenvalue weighted by Gasteiger charge is 2.28. The van der Waals surface area contributed by atoms with Crippen molar-refractivity contribution < 1.29 is 4.74 Å². The molecule has 1 aliphatic carbocycles. The summed E-state index contributed by atoms with van der Waals surface area (Å²) in [4.78, 5) is 9.41. The summed E-state index contributed by atoms with van der Waals surface area (Å²) < 4.78 is 6.98. The van der Waals surface area contributed by atoms with Crippen LogP contribution in [0.25, 0.3) is 0 Å². The fourth-order valence-corrected chi connectivity index (χ4v) is 3.35. The molecule has 0 spiro atoms. The van der Waals surface area contributed by atoms with Crippen molar-refractivity contribution in [2.24, 2.45) is 5.92 Å². The van der Waals surface area contributed by atoms with Crippen LogP contribution < -0.4 is 5.32 Å². The summed E-state index contributed by atoms with van der Waals surface area (Å²) in [6.45, 7) is 7.69. The summed E-state index contributed by atoms with van der Waals surface area (Å²) in [6, 6.07) is 0. The normalized spacial score (nSPS) is 17.7. The number of nitrogens with zero attached hydrogens (tertiary/aromatic N) is 2. The summed E-state index contributed by atoms with van der Waals surface area (Å²) in [5.41, 5.74) is 0.969. The molecule has 1 atom stereocenters. The Morgan fingerprint density at radius 1 is 1.24 bits per heavy atom. The van der Waals surface area contributed by atoms with Crippen LogP contribution in [0, 0.1) is 12.8 Å². The van der Waals surface area contributed by atoms with E-state index in [0.717, 1.165) is 28.4 Å². The molecule has 0 bridgehead atoms. The van der Waals surface area contributed by atoms with Crippen molar-refractivity contribution in [3.05, 3.63) is 16.0 Å². The Morgan fingerprint density at radius 2 is 1.95 bits per heavy atom. The maximum Gasteiger partial charge on any atom is 0.160 e. The van der Waals surface area contributed by atoms with Crippen LogP contribution in [0.15, 0.2) is 4.47 Å². The third kappa shape index (κ3) is 4.16. The van der Waals surface area contributed by atoms with Gasteiger partial charge in [-0.05, 0) is 55.5 Å². The van der Waals surface area contributed by atoms with Gasteiger partial charge in [-0.1, -0.05) is 19.3 Å². The van der Waals surface area contributed by atoms with Gasteiger partial charge in [0.25, 0.3) is 0 Å². The first kappa shape index (κ1) is 16.7. The van der Waals surface area contributed by atoms with Gasteiger partial charge in [-0.15, -0.1) is 0 Å². The van der Waals surface area contributed by atoms with Crippen LogP contribution in [-0.2, 0) is 4.74 Å². The Hall–Kier alpha value is -0.680. The lowest BCUT2D eigenvalue weighted by Gasteiger charge is -2.29. The Bertz CT molecular complexity index is 461. The van der Waals surface area contributed by atoms with Crippen LogP contribution in [0.4, 0.5) is 5.82 Å². The molecule has 1 unspecified atom stereocenters. The second-order valence-corrected chi connectivity index (χ2v) is 6.43. The first-order chi connectivity index (χ1) is 10.2. The van der Waals surface area contributed by atoms with E-state index in [1.54, 1.807) is 0 Å². The van der Waals surface area contributed by atoms with E-state index in [9.17, 15) is 0 Å². The van der Waals surface area contributed by atoms with Gasteiger partial charge in [-0.3, -0.25) is 0 Å². The zero-order valence-corrected chi connectivity index (χ0v) is 14.9. The van der Waals surface area contributed by atoms with Crippen LogP contribution in [0.1, 0.15) is 63.6 Å². The number of ether oxygens (including phenoxy) is 1. The first-order valence-corrected chi connectivity index (χ1v) is 8.86. The Morgan fingerprint density at radius 3 is 2.57 bits per heavy atom. The molecule has 0 amide bonds. The Balaban J connectivity index is 2.30. The quantitative estimate of drug-likeness (QED) is 0.807. The van der Waals surface area contributed by atoms with E-state index in [4.69, 9.17) is 9.72 Å². The van der Waals surface area contributed by atoms with E-state index in [1.807, 2.05) is 13.8 Å². The molecule has 0 radical (unpaired) electrons. The summed E-state index contributed by atoms with van der Waals surface area (Å²) >= 11 is 3.57. The van der Waals surface area contributed by atoms with Crippen LogP contribution in [-0.4, -0.2) is 23.1 Å². The van der Waals surface area contributed by atoms with Gasteiger partial charge in [0.2, 0.25) is 0 Å². The van der Waals surface area contributed by atoms with E-state index in [-0.39, 0.29) is 6.10 Å². The standard InChI is InChI=1S/C16H26BrN3O/c1-4-18-15-13(17)11(3)19-16(20-15)14(21-5-2)12-9-7-6-8-10-12/h12,14H,4-10H2,1-3H3,(H,18,19,20). The largest absolute Gasteiger partial charge is 0.370 e. The molecule has 1 aromatic rings. The van der Waals surface area contributed by atoms with Crippen molar-refractivity contribution in [2.75, 3.05) is 18.5 Å². The van der Waals surface area contributed by atoms with E-state index in [2.05, 4.69) is 33.2 Å². The molecule has 1 aromatic heterocycles. The maximum atomic E-state index is 6.03. The van der Waals surface area contributed by atoms with Gasteiger partial charge < -0.3 is 10.1 Å². The molecule has 5 heteroatoms. The lowest BCUT2D eigenvalue weighted by molar-refractivity contribution is -0.000218. The zero-order valence-electron chi connectivity index (χ0n) is 13.3. The molecule has 0 aliphatic heterocycles. The number of hydrogen-bond donors (Lipinski definition) is 1. The third-order valence-electron chi connectivity index (χ3n) is 4.06. The van der Waals surface area contributed by atoms with Crippen LogP contribution in [0.3, 0.4) is 0 Å². The second kappa shape index (κ2) is 8.08. The molecular formula is C16H26BrN3O. The predicted octanol–water partition coefficient (Wildman–Crippen LogP) is 4.64. The van der Waals surface area contributed by atoms with Gasteiger partial charge in [0.05, 0.1) is 10.2 Å². The van der Waals surface area contributed by atoms with Crippen LogP contribution in [0.5, 0.6) is 0 Å². The molecule has 0 aromatic carbocycles. The Labute approximate surface area is 136 Å². The molecule has 2 rings (SSSR count). The molecule has 1 aliphatic rings. The minimum absolute atomic E-state index is 0.0273. The minimum atomic E-state index is 0.0273. The number of hydrogen-bond acceptors (Lipinski definition) is 4. The molecule has 21 heavy (non-hydrogen) atoms. The van der Waals surface area contributed by atoms with Crippen molar-refractivity contribution >= 4 is 21.7 Å². The third-order valence-corrected chi connectivity index (χ3v) is 5.01. The average molecular weight is 356 g/mol. The van der Waals surface area contributed by atoms with Crippen LogP contribution in [0.2, 0.25) is 0 Å². The fraction of sp³-hybridized carbons (Fsp3) is 0.750. The second-order valence-electron chi connectivity index (χ2n) is 5.63. The molecular weight excluding hydrogens is 330 g/mol. The SMILES string of the molecule is CCNc1nc(C(OCC)C2CCCCC2)nc(C)c1Br. The zero-order chi connectivity index (χ0) is 15.2. The van der Waals surface area contributed by atoms with Crippen molar-refractivity contribution in [2.45, 2.75) is 59.0 Å². The lowest BCUT2D eigenvalue weighted by Crippen LogP contribution is -2.22. The summed E-state index contributed by atoms with van der Waals surface area (Å²) in [5, 5.41) is 3.30. The van der Waals surface area contributed by atoms with Gasteiger partial charge in [0.15, 0.2) is 5.82 Å². The highest BCUT2D eigenvalue weighted by atomic mass is 79.9. The number of anilines is 1. The van der Waals surface area contributed by atoms with Crippen molar-refractivity contribution in [3.63, 3.8) is 0 Å². The lowest BCUT2D eigenvalue weighted by atomic mass is 9.85. The monoisotopic (exact) mass is 355 g/mol. The first-order valence-electron chi connectivity index (χ1n) is 8.06. The molecule has 4 nitrogen and oxygen atoms in total. The maximum absolute atomic E-state index is 6.03. The van der Waals surface area contributed by atoms with Gasteiger partial charge in [0, 0.05) is 13.2 Å². The van der Waals surface area contributed by atoms with E-state index < -0.39 is 0 Å². The van der Waals surface area contributed by atoms with Gasteiger partial charge in [-0.2, -0.15) is 0 Å². The number of nitrogens with one attached hydrogen (secondary N) is 1. The van der Waals surface area contributed by atoms with E-state index in [1.165, 1.54) is 32.1 Å². The molecule has 1 fully saturated rings. The molecule has 118 valence electrons. The average Bonchev–Trinajstić information content (AvgIpc) is 2.50.